The lowest BCUT2D eigenvalue weighted by atomic mass is 10.1. The number of para-hydroxylation sites is 2. The van der Waals surface area contributed by atoms with Crippen molar-refractivity contribution >= 4 is 45.5 Å². The summed E-state index contributed by atoms with van der Waals surface area (Å²) in [4.78, 5) is 22.7. The Bertz CT molecular complexity index is 1280. The third-order valence-corrected chi connectivity index (χ3v) is 6.64. The molecule has 3 aromatic carbocycles. The van der Waals surface area contributed by atoms with Crippen LogP contribution in [0.4, 0.5) is 17.1 Å². The van der Waals surface area contributed by atoms with Gasteiger partial charge in [0.2, 0.25) is 5.91 Å². The van der Waals surface area contributed by atoms with E-state index in [-0.39, 0.29) is 11.7 Å². The van der Waals surface area contributed by atoms with Crippen LogP contribution in [0.5, 0.6) is 11.5 Å². The number of ether oxygens (including phenoxy) is 2. The first-order chi connectivity index (χ1) is 17.0. The molecule has 1 aliphatic rings. The molecule has 4 rings (SSSR count). The lowest BCUT2D eigenvalue weighted by Gasteiger charge is -2.12. The fourth-order valence-corrected chi connectivity index (χ4v) is 4.46. The third kappa shape index (κ3) is 6.11. The van der Waals surface area contributed by atoms with Gasteiger partial charge in [0.1, 0.15) is 11.5 Å². The largest absolute Gasteiger partial charge is 0.497 e. The molecule has 0 unspecified atom stereocenters. The van der Waals surface area contributed by atoms with E-state index >= 15 is 0 Å². The Kier molecular flexibility index (Phi) is 7.87. The van der Waals surface area contributed by atoms with Crippen LogP contribution in [0.25, 0.3) is 0 Å². The molecule has 180 valence electrons. The van der Waals surface area contributed by atoms with Gasteiger partial charge in [0.05, 0.1) is 47.3 Å². The Morgan fingerprint density at radius 2 is 1.69 bits per heavy atom. The van der Waals surface area contributed by atoms with E-state index in [1.54, 1.807) is 7.11 Å². The van der Waals surface area contributed by atoms with Gasteiger partial charge in [-0.3, -0.25) is 9.79 Å². The van der Waals surface area contributed by atoms with Crippen LogP contribution >= 0.6 is 11.8 Å². The van der Waals surface area contributed by atoms with Crippen LogP contribution in [-0.2, 0) is 4.79 Å². The number of methoxy groups -OCH3 is 1. The van der Waals surface area contributed by atoms with Gasteiger partial charge in [0, 0.05) is 6.42 Å². The maximum atomic E-state index is 12.8. The monoisotopic (exact) mass is 487 g/mol. The molecule has 7 heteroatoms. The smallest absolute Gasteiger partial charge is 0.234 e. The van der Waals surface area contributed by atoms with Crippen molar-refractivity contribution in [3.8, 4) is 11.5 Å². The van der Waals surface area contributed by atoms with Crippen molar-refractivity contribution in [2.45, 2.75) is 27.2 Å². The highest BCUT2D eigenvalue weighted by Crippen LogP contribution is 2.36. The number of nitrogens with zero attached hydrogens (tertiary/aromatic N) is 2. The van der Waals surface area contributed by atoms with Crippen LogP contribution in [-0.4, -0.2) is 36.1 Å². The van der Waals surface area contributed by atoms with Gasteiger partial charge in [-0.05, 0) is 86.0 Å². The van der Waals surface area contributed by atoms with E-state index in [2.05, 4.69) is 31.3 Å². The first kappa shape index (κ1) is 24.5. The fraction of sp³-hybridized carbons (Fsp3) is 0.250. The number of aliphatic imine (C=N–C) groups is 2. The first-order valence-corrected chi connectivity index (χ1v) is 12.5. The van der Waals surface area contributed by atoms with Crippen molar-refractivity contribution in [2.24, 2.45) is 9.98 Å². The summed E-state index contributed by atoms with van der Waals surface area (Å²) in [6, 6.07) is 19.4. The second-order valence-electron chi connectivity index (χ2n) is 8.16. The van der Waals surface area contributed by atoms with Crippen LogP contribution in [0.15, 0.2) is 70.6 Å². The Morgan fingerprint density at radius 1 is 1.00 bits per heavy atom. The number of benzene rings is 3. The fourth-order valence-electron chi connectivity index (χ4n) is 3.69. The quantitative estimate of drug-likeness (QED) is 0.406. The van der Waals surface area contributed by atoms with Crippen molar-refractivity contribution in [3.05, 3.63) is 77.4 Å². The number of nitrogens with one attached hydrogen (secondary N) is 1. The highest BCUT2D eigenvalue weighted by Gasteiger charge is 2.18. The van der Waals surface area contributed by atoms with Crippen molar-refractivity contribution in [2.75, 3.05) is 24.8 Å². The van der Waals surface area contributed by atoms with Crippen LogP contribution < -0.4 is 14.8 Å². The van der Waals surface area contributed by atoms with Crippen molar-refractivity contribution in [1.29, 1.82) is 0 Å². The molecular formula is C28H29N3O3S. The summed E-state index contributed by atoms with van der Waals surface area (Å²) in [5.74, 6) is 1.57. The molecule has 1 aliphatic heterocycles. The SMILES string of the molecule is CCOc1ccccc1NC(=O)CSC1=Nc2cc(C)c(C)cc2N=C(c2ccc(OC)cc2)C1. The Labute approximate surface area is 210 Å². The molecule has 0 fully saturated rings. The normalized spacial score (nSPS) is 12.7. The molecule has 0 aromatic heterocycles. The van der Waals surface area contributed by atoms with Crippen molar-refractivity contribution < 1.29 is 14.3 Å². The van der Waals surface area contributed by atoms with Gasteiger partial charge in [-0.2, -0.15) is 0 Å². The van der Waals surface area contributed by atoms with Gasteiger partial charge in [0.25, 0.3) is 0 Å². The Morgan fingerprint density at radius 3 is 2.37 bits per heavy atom. The summed E-state index contributed by atoms with van der Waals surface area (Å²) in [5.41, 5.74) is 6.55. The van der Waals surface area contributed by atoms with Gasteiger partial charge in [-0.1, -0.05) is 12.1 Å². The van der Waals surface area contributed by atoms with E-state index < -0.39 is 0 Å². The van der Waals surface area contributed by atoms with E-state index in [4.69, 9.17) is 19.5 Å². The summed E-state index contributed by atoms with van der Waals surface area (Å²) < 4.78 is 10.9. The van der Waals surface area contributed by atoms with Gasteiger partial charge >= 0.3 is 0 Å². The molecule has 3 aromatic rings. The molecule has 0 atom stereocenters. The molecular weight excluding hydrogens is 458 g/mol. The molecule has 1 amide bonds. The summed E-state index contributed by atoms with van der Waals surface area (Å²) in [6.45, 7) is 6.60. The molecule has 1 N–H and O–H groups in total. The number of hydrogen-bond acceptors (Lipinski definition) is 6. The average molecular weight is 488 g/mol. The molecule has 0 spiro atoms. The lowest BCUT2D eigenvalue weighted by molar-refractivity contribution is -0.113. The van der Waals surface area contributed by atoms with Gasteiger partial charge in [-0.25, -0.2) is 4.99 Å². The second-order valence-corrected chi connectivity index (χ2v) is 9.21. The molecule has 35 heavy (non-hydrogen) atoms. The maximum Gasteiger partial charge on any atom is 0.234 e. The zero-order valence-electron chi connectivity index (χ0n) is 20.4. The molecule has 0 bridgehead atoms. The van der Waals surface area contributed by atoms with Crippen LogP contribution in [0.2, 0.25) is 0 Å². The summed E-state index contributed by atoms with van der Waals surface area (Å²) in [6.07, 6.45) is 0.534. The zero-order chi connectivity index (χ0) is 24.8. The standard InChI is InChI=1S/C28H29N3O3S/c1-5-34-26-9-7-6-8-22(26)30-27(32)17-35-28-16-23(20-10-12-21(33-4)13-11-20)29-24-14-18(2)19(3)15-25(24)31-28/h6-15H,5,16-17H2,1-4H3,(H,30,32). The number of anilines is 1. The minimum atomic E-state index is -0.114. The Hall–Kier alpha value is -3.58. The molecule has 0 aliphatic carbocycles. The van der Waals surface area contributed by atoms with E-state index in [1.807, 2.05) is 55.5 Å². The van der Waals surface area contributed by atoms with E-state index in [0.29, 0.717) is 24.5 Å². The van der Waals surface area contributed by atoms with E-state index in [0.717, 1.165) is 39.0 Å². The lowest BCUT2D eigenvalue weighted by Crippen LogP contribution is -2.17. The van der Waals surface area contributed by atoms with Crippen molar-refractivity contribution in [3.63, 3.8) is 0 Å². The maximum absolute atomic E-state index is 12.8. The second kappa shape index (κ2) is 11.2. The molecule has 6 nitrogen and oxygen atoms in total. The molecule has 1 heterocycles. The number of carbonyl (C=O) groups excluding carboxylic acids is 1. The molecule has 0 radical (unpaired) electrons. The summed E-state index contributed by atoms with van der Waals surface area (Å²) in [5, 5.41) is 3.80. The van der Waals surface area contributed by atoms with Crippen LogP contribution in [0.1, 0.15) is 30.0 Å². The minimum absolute atomic E-state index is 0.114. The highest BCUT2D eigenvalue weighted by atomic mass is 32.2. The summed E-state index contributed by atoms with van der Waals surface area (Å²) >= 11 is 1.43. The van der Waals surface area contributed by atoms with Gasteiger partial charge in [-0.15, -0.1) is 11.8 Å². The van der Waals surface area contributed by atoms with Gasteiger partial charge < -0.3 is 14.8 Å². The van der Waals surface area contributed by atoms with Gasteiger partial charge in [0.15, 0.2) is 0 Å². The molecule has 0 saturated heterocycles. The molecule has 0 saturated carbocycles. The number of rotatable bonds is 7. The number of aryl methyl sites for hydroxylation is 2. The zero-order valence-corrected chi connectivity index (χ0v) is 21.2. The number of carbonyl (C=O) groups is 1. The van der Waals surface area contributed by atoms with Crippen LogP contribution in [0, 0.1) is 13.8 Å². The average Bonchev–Trinajstić information content (AvgIpc) is 3.03. The topological polar surface area (TPSA) is 72.3 Å². The Balaban J connectivity index is 1.56. The minimum Gasteiger partial charge on any atom is -0.497 e. The number of hydrogen-bond donors (Lipinski definition) is 1. The van der Waals surface area contributed by atoms with E-state index in [1.165, 1.54) is 17.3 Å². The highest BCUT2D eigenvalue weighted by molar-refractivity contribution is 8.14. The van der Waals surface area contributed by atoms with Crippen molar-refractivity contribution in [1.82, 2.24) is 0 Å². The van der Waals surface area contributed by atoms with Crippen LogP contribution in [0.3, 0.4) is 0 Å². The number of thioether (sulfide) groups is 1. The predicted molar refractivity (Wildman–Crippen MR) is 146 cm³/mol. The first-order valence-electron chi connectivity index (χ1n) is 11.5. The predicted octanol–water partition coefficient (Wildman–Crippen LogP) is 6.64. The third-order valence-electron chi connectivity index (χ3n) is 5.66. The van der Waals surface area contributed by atoms with E-state index in [9.17, 15) is 4.79 Å². The number of fused-ring (bicyclic) bond motifs is 1. The number of amides is 1. The summed E-state index contributed by atoms with van der Waals surface area (Å²) in [7, 11) is 1.65.